The van der Waals surface area contributed by atoms with Crippen LogP contribution in [0.1, 0.15) is 11.1 Å². The molecule has 0 aliphatic rings. The number of rotatable bonds is 5. The zero-order valence-electron chi connectivity index (χ0n) is 7.98. The highest BCUT2D eigenvalue weighted by molar-refractivity contribution is 5.47. The highest BCUT2D eigenvalue weighted by atomic mass is 16.5. The molecule has 0 saturated heterocycles. The van der Waals surface area contributed by atoms with Gasteiger partial charge in [0.2, 0.25) is 0 Å². The molecule has 0 heterocycles. The van der Waals surface area contributed by atoms with Gasteiger partial charge < -0.3 is 15.5 Å². The van der Waals surface area contributed by atoms with Gasteiger partial charge in [0, 0.05) is 13.1 Å². The monoisotopic (exact) mass is 193 g/mol. The van der Waals surface area contributed by atoms with Crippen LogP contribution in [0.25, 0.3) is 6.08 Å². The van der Waals surface area contributed by atoms with Crippen molar-refractivity contribution in [2.24, 2.45) is 0 Å². The lowest BCUT2D eigenvalue weighted by atomic mass is 10.1. The molecule has 0 bridgehead atoms. The molecule has 0 spiro atoms. The van der Waals surface area contributed by atoms with E-state index in [-0.39, 0.29) is 6.54 Å². The van der Waals surface area contributed by atoms with Crippen LogP contribution < -0.4 is 5.32 Å². The fourth-order valence-electron chi connectivity index (χ4n) is 1.12. The molecule has 0 aliphatic heterocycles. The van der Waals surface area contributed by atoms with Crippen molar-refractivity contribution in [1.82, 2.24) is 5.32 Å². The van der Waals surface area contributed by atoms with Crippen molar-refractivity contribution in [2.45, 2.75) is 12.8 Å². The number of aliphatic hydroxyl groups excluding tert-OH is 1. The fourth-order valence-corrected chi connectivity index (χ4v) is 1.12. The fraction of sp³-hybridized carbons (Fsp3) is 0.273. The number of nitrogens with one attached hydrogen (secondary N) is 1. The summed E-state index contributed by atoms with van der Waals surface area (Å²) in [6, 6.07) is 7.90. The van der Waals surface area contributed by atoms with Crippen LogP contribution in [0.15, 0.2) is 30.8 Å². The molecule has 0 radical (unpaired) electrons. The van der Waals surface area contributed by atoms with E-state index < -0.39 is 6.29 Å². The van der Waals surface area contributed by atoms with Crippen LogP contribution in [0.2, 0.25) is 0 Å². The largest absolute Gasteiger partial charge is 0.367 e. The Kier molecular flexibility index (Phi) is 4.32. The van der Waals surface area contributed by atoms with Crippen molar-refractivity contribution in [2.75, 3.05) is 6.54 Å². The first kappa shape index (κ1) is 10.9. The van der Waals surface area contributed by atoms with Crippen LogP contribution in [-0.2, 0) is 6.54 Å². The Hall–Kier alpha value is -1.16. The van der Waals surface area contributed by atoms with Crippen molar-refractivity contribution >= 4 is 6.08 Å². The summed E-state index contributed by atoms with van der Waals surface area (Å²) < 4.78 is 0. The molecule has 3 heteroatoms. The highest BCUT2D eigenvalue weighted by Crippen LogP contribution is 2.04. The van der Waals surface area contributed by atoms with Crippen LogP contribution in [0.4, 0.5) is 0 Å². The van der Waals surface area contributed by atoms with Crippen LogP contribution in [0.3, 0.4) is 0 Å². The summed E-state index contributed by atoms with van der Waals surface area (Å²) in [5.41, 5.74) is 2.19. The summed E-state index contributed by atoms with van der Waals surface area (Å²) >= 11 is 0. The summed E-state index contributed by atoms with van der Waals surface area (Å²) in [6.45, 7) is 4.48. The van der Waals surface area contributed by atoms with Crippen LogP contribution in [-0.4, -0.2) is 23.0 Å². The molecule has 14 heavy (non-hydrogen) atoms. The third-order valence-electron chi connectivity index (χ3n) is 1.87. The Balaban J connectivity index is 2.40. The first-order valence-corrected chi connectivity index (χ1v) is 4.50. The third kappa shape index (κ3) is 3.70. The van der Waals surface area contributed by atoms with Gasteiger partial charge in [-0.05, 0) is 11.1 Å². The van der Waals surface area contributed by atoms with Crippen molar-refractivity contribution < 1.29 is 10.2 Å². The molecule has 0 aromatic heterocycles. The second-order valence-electron chi connectivity index (χ2n) is 3.06. The summed E-state index contributed by atoms with van der Waals surface area (Å²) in [6.07, 6.45) is 0.497. The molecule has 0 unspecified atom stereocenters. The Morgan fingerprint density at radius 3 is 2.43 bits per heavy atom. The van der Waals surface area contributed by atoms with Gasteiger partial charge in [-0.3, -0.25) is 0 Å². The average Bonchev–Trinajstić information content (AvgIpc) is 2.18. The number of benzene rings is 1. The molecule has 76 valence electrons. The van der Waals surface area contributed by atoms with Gasteiger partial charge in [-0.1, -0.05) is 36.9 Å². The van der Waals surface area contributed by atoms with E-state index in [1.807, 2.05) is 24.3 Å². The Labute approximate surface area is 83.7 Å². The molecule has 0 aliphatic carbocycles. The average molecular weight is 193 g/mol. The molecular weight excluding hydrogens is 178 g/mol. The Morgan fingerprint density at radius 2 is 1.93 bits per heavy atom. The van der Waals surface area contributed by atoms with Crippen molar-refractivity contribution in [3.8, 4) is 0 Å². The molecule has 3 N–H and O–H groups in total. The molecule has 1 rings (SSSR count). The van der Waals surface area contributed by atoms with Gasteiger partial charge in [-0.15, -0.1) is 0 Å². The van der Waals surface area contributed by atoms with Gasteiger partial charge in [-0.25, -0.2) is 0 Å². The van der Waals surface area contributed by atoms with Gasteiger partial charge in [0.05, 0.1) is 0 Å². The maximum absolute atomic E-state index is 8.59. The number of aliphatic hydroxyl groups is 2. The highest BCUT2D eigenvalue weighted by Gasteiger charge is 1.96. The zero-order valence-corrected chi connectivity index (χ0v) is 7.98. The molecular formula is C11H15NO2. The van der Waals surface area contributed by atoms with Gasteiger partial charge in [0.15, 0.2) is 6.29 Å². The molecule has 0 fully saturated rings. The minimum absolute atomic E-state index is 0.184. The normalized spacial score (nSPS) is 10.5. The van der Waals surface area contributed by atoms with E-state index in [1.54, 1.807) is 6.08 Å². The SMILES string of the molecule is C=Cc1ccc(CNCC(O)O)cc1. The molecule has 0 atom stereocenters. The molecule has 1 aromatic carbocycles. The number of hydrogen-bond donors (Lipinski definition) is 3. The summed E-state index contributed by atoms with van der Waals surface area (Å²) in [7, 11) is 0. The van der Waals surface area contributed by atoms with E-state index in [9.17, 15) is 0 Å². The first-order chi connectivity index (χ1) is 6.72. The Morgan fingerprint density at radius 1 is 1.29 bits per heavy atom. The van der Waals surface area contributed by atoms with Crippen molar-refractivity contribution in [3.05, 3.63) is 42.0 Å². The lowest BCUT2D eigenvalue weighted by Gasteiger charge is -2.06. The minimum Gasteiger partial charge on any atom is -0.367 e. The summed E-state index contributed by atoms with van der Waals surface area (Å²) in [5, 5.41) is 20.1. The van der Waals surface area contributed by atoms with E-state index in [1.165, 1.54) is 0 Å². The Bertz CT molecular complexity index is 280. The molecule has 0 amide bonds. The summed E-state index contributed by atoms with van der Waals surface area (Å²) in [5.74, 6) is 0. The van der Waals surface area contributed by atoms with Crippen LogP contribution in [0, 0.1) is 0 Å². The second kappa shape index (κ2) is 5.54. The molecule has 0 saturated carbocycles. The second-order valence-corrected chi connectivity index (χ2v) is 3.06. The first-order valence-electron chi connectivity index (χ1n) is 4.50. The van der Waals surface area contributed by atoms with E-state index in [2.05, 4.69) is 11.9 Å². The maximum atomic E-state index is 8.59. The number of hydrogen-bond acceptors (Lipinski definition) is 3. The van der Waals surface area contributed by atoms with E-state index in [4.69, 9.17) is 10.2 Å². The lowest BCUT2D eigenvalue weighted by molar-refractivity contribution is -0.0373. The van der Waals surface area contributed by atoms with Crippen LogP contribution >= 0.6 is 0 Å². The van der Waals surface area contributed by atoms with Crippen molar-refractivity contribution in [1.29, 1.82) is 0 Å². The van der Waals surface area contributed by atoms with Gasteiger partial charge in [-0.2, -0.15) is 0 Å². The van der Waals surface area contributed by atoms with Crippen molar-refractivity contribution in [3.63, 3.8) is 0 Å². The van der Waals surface area contributed by atoms with E-state index >= 15 is 0 Å². The standard InChI is InChI=1S/C11H15NO2/c1-2-9-3-5-10(6-4-9)7-12-8-11(13)14/h2-6,11-14H,1,7-8H2. The lowest BCUT2D eigenvalue weighted by Crippen LogP contribution is -2.25. The smallest absolute Gasteiger partial charge is 0.164 e. The quantitative estimate of drug-likeness (QED) is 0.604. The summed E-state index contributed by atoms with van der Waals surface area (Å²) in [4.78, 5) is 0. The van der Waals surface area contributed by atoms with Gasteiger partial charge in [0.1, 0.15) is 0 Å². The predicted molar refractivity (Wildman–Crippen MR) is 56.5 cm³/mol. The van der Waals surface area contributed by atoms with Crippen LogP contribution in [0.5, 0.6) is 0 Å². The molecule has 1 aromatic rings. The van der Waals surface area contributed by atoms with E-state index in [0.717, 1.165) is 11.1 Å². The maximum Gasteiger partial charge on any atom is 0.164 e. The van der Waals surface area contributed by atoms with Gasteiger partial charge in [0.25, 0.3) is 0 Å². The molecule has 3 nitrogen and oxygen atoms in total. The topological polar surface area (TPSA) is 52.5 Å². The minimum atomic E-state index is -1.29. The predicted octanol–water partition coefficient (Wildman–Crippen LogP) is 0.730. The third-order valence-corrected chi connectivity index (χ3v) is 1.87. The zero-order chi connectivity index (χ0) is 10.4. The van der Waals surface area contributed by atoms with E-state index in [0.29, 0.717) is 6.54 Å². The van der Waals surface area contributed by atoms with Gasteiger partial charge >= 0.3 is 0 Å².